The Bertz CT molecular complexity index is 308. The molecule has 0 heterocycles. The molecule has 0 aromatic heterocycles. The van der Waals surface area contributed by atoms with Gasteiger partial charge in [-0.3, -0.25) is 0 Å². The molecule has 96 valence electrons. The Hall–Kier alpha value is 0.200. The van der Waals surface area contributed by atoms with E-state index in [9.17, 15) is 8.42 Å². The smallest absolute Gasteiger partial charge is 0.214 e. The van der Waals surface area contributed by atoms with E-state index in [4.69, 9.17) is 11.6 Å². The van der Waals surface area contributed by atoms with E-state index in [1.54, 1.807) is 0 Å². The molecule has 16 heavy (non-hydrogen) atoms. The van der Waals surface area contributed by atoms with Crippen molar-refractivity contribution in [2.75, 3.05) is 12.4 Å². The number of hydrogen-bond acceptors (Lipinski definition) is 2. The van der Waals surface area contributed by atoms with Crippen LogP contribution < -0.4 is 4.72 Å². The second-order valence-electron chi connectivity index (χ2n) is 5.38. The second kappa shape index (κ2) is 5.69. The van der Waals surface area contributed by atoms with Gasteiger partial charge in [-0.25, -0.2) is 13.1 Å². The zero-order valence-electron chi connectivity index (χ0n) is 10.1. The summed E-state index contributed by atoms with van der Waals surface area (Å²) < 4.78 is 26.6. The number of halogens is 1. The van der Waals surface area contributed by atoms with Crippen molar-refractivity contribution >= 4 is 21.6 Å². The van der Waals surface area contributed by atoms with Crippen molar-refractivity contribution in [2.45, 2.75) is 51.2 Å². The Kier molecular flexibility index (Phi) is 5.08. The van der Waals surface area contributed by atoms with Crippen molar-refractivity contribution < 1.29 is 8.42 Å². The van der Waals surface area contributed by atoms with Gasteiger partial charge < -0.3 is 0 Å². The van der Waals surface area contributed by atoms with Crippen LogP contribution in [-0.4, -0.2) is 26.1 Å². The second-order valence-corrected chi connectivity index (χ2v) is 7.80. The molecule has 0 aliphatic heterocycles. The van der Waals surface area contributed by atoms with E-state index >= 15 is 0 Å². The summed E-state index contributed by atoms with van der Waals surface area (Å²) in [7, 11) is -3.10. The van der Waals surface area contributed by atoms with Crippen LogP contribution in [0.2, 0.25) is 0 Å². The molecule has 1 fully saturated rings. The summed E-state index contributed by atoms with van der Waals surface area (Å²) in [6.07, 6.45) is 4.52. The zero-order valence-corrected chi connectivity index (χ0v) is 11.7. The molecule has 0 aromatic rings. The highest BCUT2D eigenvalue weighted by Gasteiger charge is 2.30. The normalized spacial score (nSPS) is 19.2. The molecule has 0 atom stereocenters. The van der Waals surface area contributed by atoms with E-state index in [0.29, 0.717) is 12.4 Å². The number of sulfonamides is 1. The molecule has 3 nitrogen and oxygen atoms in total. The van der Waals surface area contributed by atoms with Crippen molar-refractivity contribution in [2.24, 2.45) is 5.41 Å². The monoisotopic (exact) mass is 267 g/mol. The van der Waals surface area contributed by atoms with Crippen LogP contribution in [0.25, 0.3) is 0 Å². The van der Waals surface area contributed by atoms with Gasteiger partial charge in [0.1, 0.15) is 0 Å². The molecule has 1 aliphatic carbocycles. The van der Waals surface area contributed by atoms with Gasteiger partial charge in [-0.1, -0.05) is 26.7 Å². The van der Waals surface area contributed by atoms with Crippen LogP contribution in [0.3, 0.4) is 0 Å². The minimum atomic E-state index is -3.10. The fraction of sp³-hybridized carbons (Fsp3) is 1.00. The van der Waals surface area contributed by atoms with E-state index in [-0.39, 0.29) is 10.7 Å². The Balaban J connectivity index is 2.47. The van der Waals surface area contributed by atoms with Gasteiger partial charge in [0.05, 0.1) is 5.25 Å². The van der Waals surface area contributed by atoms with Crippen LogP contribution in [0, 0.1) is 5.41 Å². The summed E-state index contributed by atoms with van der Waals surface area (Å²) >= 11 is 5.69. The lowest BCUT2D eigenvalue weighted by Crippen LogP contribution is -2.39. The maximum absolute atomic E-state index is 11.9. The number of hydrogen-bond donors (Lipinski definition) is 1. The van der Waals surface area contributed by atoms with E-state index in [0.717, 1.165) is 32.1 Å². The SMILES string of the molecule is CC(C)(CCCl)CNS(=O)(=O)C1CCCC1. The third kappa shape index (κ3) is 4.22. The van der Waals surface area contributed by atoms with E-state index < -0.39 is 10.0 Å². The number of alkyl halides is 1. The first kappa shape index (κ1) is 14.3. The predicted octanol–water partition coefficient (Wildman–Crippen LogP) is 2.50. The van der Waals surface area contributed by atoms with Crippen LogP contribution in [0.1, 0.15) is 46.0 Å². The number of rotatable bonds is 6. The zero-order chi connectivity index (χ0) is 12.2. The molecule has 0 amide bonds. The van der Waals surface area contributed by atoms with Gasteiger partial charge in [-0.15, -0.1) is 11.6 Å². The average Bonchev–Trinajstić information content (AvgIpc) is 2.68. The third-order valence-electron chi connectivity index (χ3n) is 3.26. The Morgan fingerprint density at radius 1 is 1.31 bits per heavy atom. The molecule has 0 unspecified atom stereocenters. The van der Waals surface area contributed by atoms with Crippen molar-refractivity contribution in [1.29, 1.82) is 0 Å². The molecule has 0 radical (unpaired) electrons. The molecule has 1 rings (SSSR count). The summed E-state index contributed by atoms with van der Waals surface area (Å²) in [4.78, 5) is 0. The predicted molar refractivity (Wildman–Crippen MR) is 68.3 cm³/mol. The first-order valence-corrected chi connectivity index (χ1v) is 8.00. The lowest BCUT2D eigenvalue weighted by molar-refractivity contribution is 0.351. The lowest BCUT2D eigenvalue weighted by atomic mass is 9.91. The summed E-state index contributed by atoms with van der Waals surface area (Å²) in [5.41, 5.74) is -0.0621. The van der Waals surface area contributed by atoms with Gasteiger partial charge in [-0.05, 0) is 24.7 Å². The molecule has 0 bridgehead atoms. The maximum Gasteiger partial charge on any atom is 0.214 e. The quantitative estimate of drug-likeness (QED) is 0.752. The number of nitrogens with one attached hydrogen (secondary N) is 1. The molecular weight excluding hydrogens is 246 g/mol. The first-order valence-electron chi connectivity index (χ1n) is 5.92. The highest BCUT2D eigenvalue weighted by molar-refractivity contribution is 7.90. The molecule has 1 aliphatic rings. The molecule has 0 spiro atoms. The van der Waals surface area contributed by atoms with Gasteiger partial charge >= 0.3 is 0 Å². The molecule has 1 saturated carbocycles. The first-order chi connectivity index (χ1) is 7.37. The summed E-state index contributed by atoms with van der Waals surface area (Å²) in [6.45, 7) is 4.55. The van der Waals surface area contributed by atoms with Crippen molar-refractivity contribution in [3.8, 4) is 0 Å². The minimum absolute atomic E-state index is 0.0621. The lowest BCUT2D eigenvalue weighted by Gasteiger charge is -2.24. The fourth-order valence-corrected chi connectivity index (χ4v) is 4.25. The highest BCUT2D eigenvalue weighted by Crippen LogP contribution is 2.25. The molecule has 1 N–H and O–H groups in total. The van der Waals surface area contributed by atoms with Crippen molar-refractivity contribution in [1.82, 2.24) is 4.72 Å². The van der Waals surface area contributed by atoms with E-state index in [1.165, 1.54) is 0 Å². The minimum Gasteiger partial charge on any atom is -0.214 e. The Morgan fingerprint density at radius 2 is 1.88 bits per heavy atom. The average molecular weight is 268 g/mol. The third-order valence-corrected chi connectivity index (χ3v) is 5.35. The van der Waals surface area contributed by atoms with Gasteiger partial charge in [0.2, 0.25) is 10.0 Å². The van der Waals surface area contributed by atoms with Gasteiger partial charge in [-0.2, -0.15) is 0 Å². The standard InChI is InChI=1S/C11H22ClNO2S/c1-11(2,7-8-12)9-13-16(14,15)10-5-3-4-6-10/h10,13H,3-9H2,1-2H3. The van der Waals surface area contributed by atoms with Gasteiger partial charge in [0.15, 0.2) is 0 Å². The van der Waals surface area contributed by atoms with Crippen LogP contribution in [0.15, 0.2) is 0 Å². The largest absolute Gasteiger partial charge is 0.214 e. The Labute approximate surface area is 104 Å². The summed E-state index contributed by atoms with van der Waals surface area (Å²) in [6, 6.07) is 0. The van der Waals surface area contributed by atoms with Crippen LogP contribution >= 0.6 is 11.6 Å². The Morgan fingerprint density at radius 3 is 2.38 bits per heavy atom. The highest BCUT2D eigenvalue weighted by atomic mass is 35.5. The van der Waals surface area contributed by atoms with Crippen LogP contribution in [0.5, 0.6) is 0 Å². The van der Waals surface area contributed by atoms with E-state index in [1.807, 2.05) is 13.8 Å². The van der Waals surface area contributed by atoms with Crippen molar-refractivity contribution in [3.63, 3.8) is 0 Å². The summed E-state index contributed by atoms with van der Waals surface area (Å²) in [5.74, 6) is 0.568. The van der Waals surface area contributed by atoms with Crippen molar-refractivity contribution in [3.05, 3.63) is 0 Å². The summed E-state index contributed by atoms with van der Waals surface area (Å²) in [5, 5.41) is -0.167. The van der Waals surface area contributed by atoms with E-state index in [2.05, 4.69) is 4.72 Å². The maximum atomic E-state index is 11.9. The van der Waals surface area contributed by atoms with Gasteiger partial charge in [0.25, 0.3) is 0 Å². The topological polar surface area (TPSA) is 46.2 Å². The fourth-order valence-electron chi connectivity index (χ4n) is 1.96. The molecular formula is C11H22ClNO2S. The molecule has 0 saturated heterocycles. The molecule has 0 aromatic carbocycles. The van der Waals surface area contributed by atoms with Crippen LogP contribution in [0.4, 0.5) is 0 Å². The van der Waals surface area contributed by atoms with Gasteiger partial charge in [0, 0.05) is 12.4 Å². The van der Waals surface area contributed by atoms with Crippen LogP contribution in [-0.2, 0) is 10.0 Å². The molecule has 5 heteroatoms.